The van der Waals surface area contributed by atoms with Crippen LogP contribution in [0, 0.1) is 0 Å². The molecule has 1 fully saturated rings. The van der Waals surface area contributed by atoms with Gasteiger partial charge in [0.2, 0.25) is 0 Å². The molecule has 9 heavy (non-hydrogen) atoms. The zero-order valence-electron chi connectivity index (χ0n) is 6.23. The van der Waals surface area contributed by atoms with E-state index >= 15 is 0 Å². The molecule has 0 aromatic carbocycles. The molecule has 0 spiro atoms. The maximum Gasteiger partial charge on any atom is 0.460 e. The van der Waals surface area contributed by atoms with Crippen LogP contribution in [-0.4, -0.2) is 21.1 Å². The van der Waals surface area contributed by atoms with Gasteiger partial charge in [-0.2, -0.15) is 0 Å². The standard InChI is InChI=1S/C4H8O.C3H7.Al/c1-2-3-4-5;1-3-2;/h1-4H2;1,3H2,2H3;/q-1;;+1. The predicted octanol–water partition coefficient (Wildman–Crippen LogP) is 2.20. The molecular weight excluding hydrogens is 127 g/mol. The van der Waals surface area contributed by atoms with Crippen molar-refractivity contribution in [1.82, 2.24) is 0 Å². The highest BCUT2D eigenvalue weighted by Crippen LogP contribution is 2.14. The van der Waals surface area contributed by atoms with Crippen LogP contribution in [0.4, 0.5) is 0 Å². The van der Waals surface area contributed by atoms with Crippen molar-refractivity contribution >= 4 is 14.5 Å². The minimum atomic E-state index is -0.626. The Bertz CT molecular complexity index is 66.6. The van der Waals surface area contributed by atoms with E-state index in [-0.39, 0.29) is 0 Å². The van der Waals surface area contributed by atoms with Crippen LogP contribution in [0.1, 0.15) is 26.2 Å². The fourth-order valence-corrected chi connectivity index (χ4v) is 3.87. The van der Waals surface area contributed by atoms with Crippen LogP contribution in [0.15, 0.2) is 0 Å². The number of hydrogen-bond donors (Lipinski definition) is 0. The van der Waals surface area contributed by atoms with Gasteiger partial charge in [-0.25, -0.2) is 0 Å². The molecule has 0 saturated carbocycles. The minimum Gasteiger partial charge on any atom is -0.501 e. The van der Waals surface area contributed by atoms with Gasteiger partial charge < -0.3 is 3.79 Å². The number of hydrogen-bond acceptors (Lipinski definition) is 1. The third-order valence-electron chi connectivity index (χ3n) is 1.88. The zero-order chi connectivity index (χ0) is 6.53. The highest BCUT2D eigenvalue weighted by atomic mass is 27.2. The summed E-state index contributed by atoms with van der Waals surface area (Å²) < 4.78 is 5.66. The molecule has 2 heteroatoms. The van der Waals surface area contributed by atoms with Gasteiger partial charge in [-0.3, -0.25) is 0 Å². The summed E-state index contributed by atoms with van der Waals surface area (Å²) in [5.41, 5.74) is 0. The van der Waals surface area contributed by atoms with E-state index in [1.807, 2.05) is 0 Å². The van der Waals surface area contributed by atoms with Gasteiger partial charge in [0.1, 0.15) is 0 Å². The molecule has 0 bridgehead atoms. The monoisotopic (exact) mass is 142 g/mol. The Morgan fingerprint density at radius 1 is 1.44 bits per heavy atom. The fourth-order valence-electron chi connectivity index (χ4n) is 1.36. The molecular formula is C7H15AlO. The summed E-state index contributed by atoms with van der Waals surface area (Å²) in [6.45, 7) is 3.32. The predicted molar refractivity (Wildman–Crippen MR) is 40.8 cm³/mol. The Hall–Kier alpha value is 0.492. The zero-order valence-corrected chi connectivity index (χ0v) is 7.38. The number of rotatable bonds is 2. The molecule has 0 aromatic rings. The largest absolute Gasteiger partial charge is 0.501 e. The highest BCUT2D eigenvalue weighted by molar-refractivity contribution is 6.51. The second-order valence-corrected chi connectivity index (χ2v) is 5.51. The summed E-state index contributed by atoms with van der Waals surface area (Å²) >= 11 is -0.626. The molecule has 1 saturated heterocycles. The van der Waals surface area contributed by atoms with Gasteiger partial charge in [-0.1, -0.05) is 30.3 Å². The summed E-state index contributed by atoms with van der Waals surface area (Å²) in [4.78, 5) is 0. The van der Waals surface area contributed by atoms with Crippen LogP contribution >= 0.6 is 0 Å². The van der Waals surface area contributed by atoms with Crippen molar-refractivity contribution in [3.8, 4) is 0 Å². The van der Waals surface area contributed by atoms with E-state index in [9.17, 15) is 0 Å². The first kappa shape index (κ1) is 7.60. The molecule has 1 aliphatic rings. The van der Waals surface area contributed by atoms with Gasteiger partial charge in [0.05, 0.1) is 0 Å². The third-order valence-corrected chi connectivity index (χ3v) is 4.87. The third kappa shape index (κ3) is 2.71. The Kier molecular flexibility index (Phi) is 3.66. The second-order valence-electron chi connectivity index (χ2n) is 2.78. The molecule has 0 unspecified atom stereocenters. The second kappa shape index (κ2) is 4.33. The van der Waals surface area contributed by atoms with Gasteiger partial charge in [0.15, 0.2) is 0 Å². The Labute approximate surface area is 62.1 Å². The van der Waals surface area contributed by atoms with Gasteiger partial charge in [-0.15, -0.1) is 0 Å². The smallest absolute Gasteiger partial charge is 0.460 e. The van der Waals surface area contributed by atoms with E-state index in [1.165, 1.54) is 29.8 Å². The summed E-state index contributed by atoms with van der Waals surface area (Å²) in [6, 6.07) is 0. The Balaban J connectivity index is 2.08. The molecule has 1 heterocycles. The first-order chi connectivity index (χ1) is 4.43. The lowest BCUT2D eigenvalue weighted by molar-refractivity contribution is 0.286. The van der Waals surface area contributed by atoms with Crippen molar-refractivity contribution in [2.75, 3.05) is 6.61 Å². The summed E-state index contributed by atoms with van der Waals surface area (Å²) in [7, 11) is 0. The minimum absolute atomic E-state index is 0.626. The SMILES string of the molecule is CC[CH2][Al]1[CH2]CCC[O]1. The molecule has 0 amide bonds. The molecule has 0 radical (unpaired) electrons. The summed E-state index contributed by atoms with van der Waals surface area (Å²) in [5, 5.41) is 2.84. The average Bonchev–Trinajstić information content (AvgIpc) is 1.91. The molecule has 1 nitrogen and oxygen atoms in total. The first-order valence-corrected chi connectivity index (χ1v) is 6.15. The van der Waals surface area contributed by atoms with Crippen molar-refractivity contribution in [3.63, 3.8) is 0 Å². The van der Waals surface area contributed by atoms with E-state index in [0.29, 0.717) is 0 Å². The Morgan fingerprint density at radius 2 is 2.33 bits per heavy atom. The van der Waals surface area contributed by atoms with E-state index in [1.54, 1.807) is 0 Å². The van der Waals surface area contributed by atoms with Gasteiger partial charge >= 0.3 is 14.5 Å². The van der Waals surface area contributed by atoms with Gasteiger partial charge in [-0.05, 0) is 6.42 Å². The lowest BCUT2D eigenvalue weighted by Crippen LogP contribution is -2.22. The van der Waals surface area contributed by atoms with Gasteiger partial charge in [0.25, 0.3) is 0 Å². The molecule has 1 aliphatic heterocycles. The summed E-state index contributed by atoms with van der Waals surface area (Å²) in [6.07, 6.45) is 4.08. The van der Waals surface area contributed by atoms with Crippen molar-refractivity contribution in [1.29, 1.82) is 0 Å². The van der Waals surface area contributed by atoms with Crippen LogP contribution < -0.4 is 0 Å². The van der Waals surface area contributed by atoms with Crippen LogP contribution in [0.3, 0.4) is 0 Å². The first-order valence-electron chi connectivity index (χ1n) is 4.05. The molecule has 52 valence electrons. The van der Waals surface area contributed by atoms with Crippen LogP contribution in [0.5, 0.6) is 0 Å². The Morgan fingerprint density at radius 3 is 2.89 bits per heavy atom. The fraction of sp³-hybridized carbons (Fsp3) is 1.00. The maximum absolute atomic E-state index is 5.66. The van der Waals surface area contributed by atoms with Crippen molar-refractivity contribution in [2.45, 2.75) is 36.8 Å². The van der Waals surface area contributed by atoms with Crippen molar-refractivity contribution in [2.24, 2.45) is 0 Å². The van der Waals surface area contributed by atoms with E-state index < -0.39 is 14.5 Å². The molecule has 0 N–H and O–H groups in total. The molecule has 0 aliphatic carbocycles. The van der Waals surface area contributed by atoms with Crippen LogP contribution in [-0.2, 0) is 3.79 Å². The van der Waals surface area contributed by atoms with Gasteiger partial charge in [0, 0.05) is 6.61 Å². The highest BCUT2D eigenvalue weighted by Gasteiger charge is 2.21. The average molecular weight is 142 g/mol. The molecule has 0 atom stereocenters. The lowest BCUT2D eigenvalue weighted by Gasteiger charge is -2.17. The maximum atomic E-state index is 5.66. The van der Waals surface area contributed by atoms with E-state index in [4.69, 9.17) is 3.79 Å². The lowest BCUT2D eigenvalue weighted by atomic mass is 10.4. The van der Waals surface area contributed by atoms with Crippen LogP contribution in [0.25, 0.3) is 0 Å². The van der Waals surface area contributed by atoms with Crippen LogP contribution in [0.2, 0.25) is 10.6 Å². The normalized spacial score (nSPS) is 20.3. The van der Waals surface area contributed by atoms with Crippen molar-refractivity contribution in [3.05, 3.63) is 0 Å². The van der Waals surface area contributed by atoms with E-state index in [2.05, 4.69) is 6.92 Å². The quantitative estimate of drug-likeness (QED) is 0.537. The van der Waals surface area contributed by atoms with Crippen molar-refractivity contribution < 1.29 is 3.79 Å². The molecule has 1 rings (SSSR count). The topological polar surface area (TPSA) is 9.23 Å². The summed E-state index contributed by atoms with van der Waals surface area (Å²) in [5.74, 6) is 0. The van der Waals surface area contributed by atoms with E-state index in [0.717, 1.165) is 6.61 Å². The molecule has 0 aromatic heterocycles.